The molecule has 0 unspecified atom stereocenters. The maximum atomic E-state index is 12.4. The minimum atomic E-state index is -3.67. The number of nitrogens with zero attached hydrogens (tertiary/aromatic N) is 3. The third-order valence-corrected chi connectivity index (χ3v) is 5.73. The molecule has 24 heavy (non-hydrogen) atoms. The molecule has 3 aromatic rings. The van der Waals surface area contributed by atoms with Crippen LogP contribution in [0.3, 0.4) is 0 Å². The summed E-state index contributed by atoms with van der Waals surface area (Å²) >= 11 is 0. The fraction of sp³-hybridized carbons (Fsp3) is 0.333. The van der Waals surface area contributed by atoms with Gasteiger partial charge < -0.3 is 0 Å². The van der Waals surface area contributed by atoms with Gasteiger partial charge in [0.15, 0.2) is 0 Å². The van der Waals surface area contributed by atoms with Crippen molar-refractivity contribution in [2.24, 2.45) is 7.05 Å². The topological polar surface area (TPSA) is 102 Å². The molecule has 0 saturated carbocycles. The van der Waals surface area contributed by atoms with Crippen LogP contribution in [0.1, 0.15) is 11.4 Å². The molecule has 2 heterocycles. The van der Waals surface area contributed by atoms with Crippen LogP contribution < -0.4 is 10.4 Å². The Labute approximate surface area is 139 Å². The molecule has 1 aromatic carbocycles. The number of aryl methyl sites for hydroxylation is 3. The molecule has 0 bridgehead atoms. The molecular weight excluding hydrogens is 330 g/mol. The maximum absolute atomic E-state index is 12.4. The van der Waals surface area contributed by atoms with Crippen LogP contribution >= 0.6 is 0 Å². The highest BCUT2D eigenvalue weighted by Crippen LogP contribution is 2.16. The van der Waals surface area contributed by atoms with Gasteiger partial charge in [0.25, 0.3) is 0 Å². The predicted molar refractivity (Wildman–Crippen MR) is 90.4 cm³/mol. The number of H-pyrrole nitrogens is 1. The van der Waals surface area contributed by atoms with Crippen LogP contribution in [0.4, 0.5) is 0 Å². The number of imidazole rings is 1. The molecule has 0 aliphatic heterocycles. The van der Waals surface area contributed by atoms with Gasteiger partial charge in [-0.15, -0.1) is 0 Å². The van der Waals surface area contributed by atoms with Crippen LogP contribution in [0.5, 0.6) is 0 Å². The van der Waals surface area contributed by atoms with Gasteiger partial charge in [0.2, 0.25) is 10.0 Å². The molecule has 0 saturated heterocycles. The number of nitrogens with one attached hydrogen (secondary N) is 2. The van der Waals surface area contributed by atoms with Gasteiger partial charge in [0, 0.05) is 20.1 Å². The zero-order chi connectivity index (χ0) is 17.5. The monoisotopic (exact) mass is 349 g/mol. The molecule has 0 aliphatic carbocycles. The van der Waals surface area contributed by atoms with Crippen LogP contribution in [0.15, 0.2) is 34.0 Å². The Morgan fingerprint density at radius 3 is 2.50 bits per heavy atom. The largest absolute Gasteiger partial charge is 0.328 e. The number of aromatic amines is 1. The zero-order valence-electron chi connectivity index (χ0n) is 13.7. The lowest BCUT2D eigenvalue weighted by atomic mass is 10.3. The normalized spacial score (nSPS) is 12.1. The smallest absolute Gasteiger partial charge is 0.295 e. The van der Waals surface area contributed by atoms with E-state index >= 15 is 0 Å². The lowest BCUT2D eigenvalue weighted by Gasteiger charge is -2.07. The van der Waals surface area contributed by atoms with E-state index in [4.69, 9.17) is 0 Å². The first-order valence-electron chi connectivity index (χ1n) is 7.48. The highest BCUT2D eigenvalue weighted by molar-refractivity contribution is 7.89. The van der Waals surface area contributed by atoms with Gasteiger partial charge in [-0.25, -0.2) is 17.9 Å². The summed E-state index contributed by atoms with van der Waals surface area (Å²) in [7, 11) is -1.98. The number of fused-ring (bicyclic) bond motifs is 1. The summed E-state index contributed by atoms with van der Waals surface area (Å²) in [6, 6.07) is 7.41. The Morgan fingerprint density at radius 1 is 1.21 bits per heavy atom. The van der Waals surface area contributed by atoms with Gasteiger partial charge >= 0.3 is 5.69 Å². The van der Waals surface area contributed by atoms with Crippen LogP contribution in [0.2, 0.25) is 0 Å². The molecule has 0 fully saturated rings. The fourth-order valence-corrected chi connectivity index (χ4v) is 4.27. The molecule has 2 aromatic heterocycles. The molecule has 128 valence electrons. The van der Waals surface area contributed by atoms with Crippen LogP contribution in [-0.2, 0) is 23.6 Å². The van der Waals surface area contributed by atoms with E-state index in [0.29, 0.717) is 11.4 Å². The second-order valence-corrected chi connectivity index (χ2v) is 7.35. The van der Waals surface area contributed by atoms with Gasteiger partial charge in [0.1, 0.15) is 4.90 Å². The van der Waals surface area contributed by atoms with Crippen LogP contribution in [0, 0.1) is 13.8 Å². The van der Waals surface area contributed by atoms with Crippen molar-refractivity contribution in [2.45, 2.75) is 25.3 Å². The van der Waals surface area contributed by atoms with E-state index in [-0.39, 0.29) is 23.7 Å². The minimum Gasteiger partial charge on any atom is -0.295 e. The van der Waals surface area contributed by atoms with Crippen molar-refractivity contribution in [2.75, 3.05) is 6.54 Å². The van der Waals surface area contributed by atoms with E-state index in [1.165, 1.54) is 0 Å². The number of aromatic nitrogens is 4. The van der Waals surface area contributed by atoms with Gasteiger partial charge in [-0.2, -0.15) is 5.10 Å². The second kappa shape index (κ2) is 5.91. The van der Waals surface area contributed by atoms with Crippen molar-refractivity contribution < 1.29 is 8.42 Å². The van der Waals surface area contributed by atoms with E-state index in [9.17, 15) is 13.2 Å². The number of hydrogen-bond donors (Lipinski definition) is 2. The van der Waals surface area contributed by atoms with Crippen LogP contribution in [0.25, 0.3) is 11.0 Å². The summed E-state index contributed by atoms with van der Waals surface area (Å²) in [5.41, 5.74) is 2.32. The quantitative estimate of drug-likeness (QED) is 0.706. The maximum Gasteiger partial charge on any atom is 0.328 e. The van der Waals surface area contributed by atoms with Crippen molar-refractivity contribution >= 4 is 21.1 Å². The van der Waals surface area contributed by atoms with Crippen molar-refractivity contribution in [1.82, 2.24) is 24.1 Å². The number of hydrogen-bond acceptors (Lipinski definition) is 4. The molecule has 0 atom stereocenters. The summed E-state index contributed by atoms with van der Waals surface area (Å²) in [6.45, 7) is 3.65. The number of rotatable bonds is 5. The van der Waals surface area contributed by atoms with E-state index in [1.54, 1.807) is 30.0 Å². The van der Waals surface area contributed by atoms with E-state index < -0.39 is 10.0 Å². The lowest BCUT2D eigenvalue weighted by Crippen LogP contribution is -2.31. The third-order valence-electron chi connectivity index (χ3n) is 4.01. The zero-order valence-corrected chi connectivity index (χ0v) is 14.5. The number of para-hydroxylation sites is 2. The summed E-state index contributed by atoms with van der Waals surface area (Å²) in [6.07, 6.45) is 0. The summed E-state index contributed by atoms with van der Waals surface area (Å²) in [4.78, 5) is 12.5. The highest BCUT2D eigenvalue weighted by atomic mass is 32.2. The van der Waals surface area contributed by atoms with Crippen molar-refractivity contribution in [3.63, 3.8) is 0 Å². The van der Waals surface area contributed by atoms with Crippen molar-refractivity contribution in [3.05, 3.63) is 46.1 Å². The first-order chi connectivity index (χ1) is 11.3. The fourth-order valence-electron chi connectivity index (χ4n) is 2.88. The molecule has 0 amide bonds. The molecule has 8 nitrogen and oxygen atoms in total. The molecule has 2 N–H and O–H groups in total. The standard InChI is InChI=1S/C15H19N5O3S/c1-10-14(11(2)18-17-10)24(22,23)16-8-9-20-13-7-5-4-6-12(13)19(3)15(20)21/h4-7,16H,8-9H2,1-3H3,(H,17,18). The molecule has 0 radical (unpaired) electrons. The van der Waals surface area contributed by atoms with Crippen molar-refractivity contribution in [3.8, 4) is 0 Å². The van der Waals surface area contributed by atoms with E-state index in [2.05, 4.69) is 14.9 Å². The predicted octanol–water partition coefficient (Wildman–Crippen LogP) is 0.658. The third kappa shape index (κ3) is 2.65. The Kier molecular flexibility index (Phi) is 4.06. The Hall–Kier alpha value is -2.39. The van der Waals surface area contributed by atoms with E-state index in [0.717, 1.165) is 11.0 Å². The first-order valence-corrected chi connectivity index (χ1v) is 8.96. The Bertz CT molecular complexity index is 1040. The van der Waals surface area contributed by atoms with Gasteiger partial charge in [-0.3, -0.25) is 14.2 Å². The SMILES string of the molecule is Cc1n[nH]c(C)c1S(=O)(=O)NCCn1c(=O)n(C)c2ccccc21. The lowest BCUT2D eigenvalue weighted by molar-refractivity contribution is 0.570. The molecule has 0 spiro atoms. The Morgan fingerprint density at radius 2 is 1.88 bits per heavy atom. The van der Waals surface area contributed by atoms with Crippen molar-refractivity contribution in [1.29, 1.82) is 0 Å². The van der Waals surface area contributed by atoms with Gasteiger partial charge in [0.05, 0.1) is 22.4 Å². The average Bonchev–Trinajstić information content (AvgIpc) is 3.00. The molecule has 3 rings (SSSR count). The average molecular weight is 349 g/mol. The molecule has 9 heteroatoms. The van der Waals surface area contributed by atoms with Gasteiger partial charge in [-0.1, -0.05) is 12.1 Å². The molecule has 0 aliphatic rings. The summed E-state index contributed by atoms with van der Waals surface area (Å²) < 4.78 is 30.5. The number of benzene rings is 1. The number of sulfonamides is 1. The minimum absolute atomic E-state index is 0.111. The molecular formula is C15H19N5O3S. The Balaban J connectivity index is 1.83. The van der Waals surface area contributed by atoms with E-state index in [1.807, 2.05) is 24.3 Å². The highest BCUT2D eigenvalue weighted by Gasteiger charge is 2.22. The second-order valence-electron chi connectivity index (χ2n) is 5.64. The van der Waals surface area contributed by atoms with Gasteiger partial charge in [-0.05, 0) is 26.0 Å². The summed E-state index contributed by atoms with van der Waals surface area (Å²) in [5.74, 6) is 0. The summed E-state index contributed by atoms with van der Waals surface area (Å²) in [5, 5.41) is 6.56. The first kappa shape index (κ1) is 16.5. The van der Waals surface area contributed by atoms with Crippen LogP contribution in [-0.4, -0.2) is 34.3 Å².